The molecule has 1 heterocycles. The highest BCUT2D eigenvalue weighted by Gasteiger charge is 2.35. The molecule has 2 rings (SSSR count). The average molecular weight is 269 g/mol. The van der Waals surface area contributed by atoms with E-state index in [1.165, 1.54) is 12.3 Å². The van der Waals surface area contributed by atoms with Crippen LogP contribution in [0, 0.1) is 5.92 Å². The monoisotopic (exact) mass is 268 g/mol. The van der Waals surface area contributed by atoms with Crippen LogP contribution in [0.2, 0.25) is 5.02 Å². The minimum atomic E-state index is -0.444. The highest BCUT2D eigenvalue weighted by molar-refractivity contribution is 6.30. The first-order chi connectivity index (χ1) is 8.61. The van der Waals surface area contributed by atoms with E-state index in [9.17, 15) is 4.79 Å². The molecule has 1 atom stereocenters. The zero-order valence-corrected chi connectivity index (χ0v) is 10.3. The molecule has 6 nitrogen and oxygen atoms in total. The number of oxime groups is 1. The Hall–Kier alpha value is -1.82. The third-order valence-electron chi connectivity index (χ3n) is 2.77. The van der Waals surface area contributed by atoms with Crippen LogP contribution in [0.4, 0.5) is 0 Å². The lowest BCUT2D eigenvalue weighted by Crippen LogP contribution is -2.46. The summed E-state index contributed by atoms with van der Waals surface area (Å²) in [7, 11) is 0. The summed E-state index contributed by atoms with van der Waals surface area (Å²) in [5.74, 6) is -0.118. The van der Waals surface area contributed by atoms with Gasteiger partial charge in [-0.05, 0) is 30.9 Å². The summed E-state index contributed by atoms with van der Waals surface area (Å²) in [6.07, 6.45) is 3.30. The fraction of sp³-hybridized carbons (Fsp3) is 0.364. The third-order valence-corrected chi connectivity index (χ3v) is 3.00. The van der Waals surface area contributed by atoms with E-state index in [2.05, 4.69) is 15.5 Å². The Morgan fingerprint density at radius 1 is 1.61 bits per heavy atom. The van der Waals surface area contributed by atoms with Crippen molar-refractivity contribution in [3.05, 3.63) is 29.0 Å². The minimum absolute atomic E-state index is 0.0137. The first kappa shape index (κ1) is 12.6. The molecule has 96 valence electrons. The largest absolute Gasteiger partial charge is 0.409 e. The van der Waals surface area contributed by atoms with Gasteiger partial charge in [-0.1, -0.05) is 16.8 Å². The van der Waals surface area contributed by atoms with Crippen LogP contribution < -0.4 is 11.1 Å². The van der Waals surface area contributed by atoms with E-state index in [0.29, 0.717) is 5.02 Å². The van der Waals surface area contributed by atoms with Gasteiger partial charge in [-0.25, -0.2) is 4.98 Å². The number of pyridine rings is 1. The van der Waals surface area contributed by atoms with Gasteiger partial charge in [0.05, 0.1) is 11.1 Å². The summed E-state index contributed by atoms with van der Waals surface area (Å²) < 4.78 is 0. The van der Waals surface area contributed by atoms with Crippen LogP contribution in [0.3, 0.4) is 0 Å². The van der Waals surface area contributed by atoms with Crippen molar-refractivity contribution in [3.8, 4) is 0 Å². The van der Waals surface area contributed by atoms with E-state index in [-0.39, 0.29) is 23.4 Å². The maximum Gasteiger partial charge on any atom is 0.270 e. The number of aromatic nitrogens is 1. The first-order valence-corrected chi connectivity index (χ1v) is 5.89. The second-order valence-corrected chi connectivity index (χ2v) is 4.61. The van der Waals surface area contributed by atoms with Crippen molar-refractivity contribution in [1.82, 2.24) is 10.3 Å². The molecule has 0 bridgehead atoms. The van der Waals surface area contributed by atoms with E-state index in [0.717, 1.165) is 12.8 Å². The molecular weight excluding hydrogens is 256 g/mol. The predicted octanol–water partition coefficient (Wildman–Crippen LogP) is 0.990. The van der Waals surface area contributed by atoms with Gasteiger partial charge in [-0.15, -0.1) is 0 Å². The molecule has 18 heavy (non-hydrogen) atoms. The van der Waals surface area contributed by atoms with Crippen LogP contribution in [0.1, 0.15) is 23.3 Å². The maximum atomic E-state index is 11.9. The van der Waals surface area contributed by atoms with Gasteiger partial charge in [0, 0.05) is 6.20 Å². The highest BCUT2D eigenvalue weighted by Crippen LogP contribution is 2.32. The summed E-state index contributed by atoms with van der Waals surface area (Å²) >= 11 is 5.69. The number of hydrogen-bond donors (Lipinski definition) is 3. The van der Waals surface area contributed by atoms with Crippen LogP contribution in [0.15, 0.2) is 23.5 Å². The summed E-state index contributed by atoms with van der Waals surface area (Å²) in [5.41, 5.74) is 5.80. The molecule has 1 aliphatic carbocycles. The van der Waals surface area contributed by atoms with Gasteiger partial charge < -0.3 is 16.3 Å². The fourth-order valence-corrected chi connectivity index (χ4v) is 1.76. The summed E-state index contributed by atoms with van der Waals surface area (Å²) in [4.78, 5) is 15.8. The van der Waals surface area contributed by atoms with Crippen molar-refractivity contribution >= 4 is 23.3 Å². The summed E-state index contributed by atoms with van der Waals surface area (Å²) in [6.45, 7) is 0. The molecule has 0 spiro atoms. The number of carbonyl (C=O) groups excluding carboxylic acids is 1. The Balaban J connectivity index is 2.07. The molecule has 4 N–H and O–H groups in total. The molecule has 0 aromatic carbocycles. The molecule has 0 aliphatic heterocycles. The molecular formula is C11H13ClN4O2. The van der Waals surface area contributed by atoms with Gasteiger partial charge in [0.25, 0.3) is 5.91 Å². The van der Waals surface area contributed by atoms with Gasteiger partial charge in [-0.3, -0.25) is 4.79 Å². The van der Waals surface area contributed by atoms with Crippen LogP contribution in [0.5, 0.6) is 0 Å². The molecule has 1 aromatic rings. The topological polar surface area (TPSA) is 101 Å². The lowest BCUT2D eigenvalue weighted by Gasteiger charge is -2.16. The van der Waals surface area contributed by atoms with Crippen molar-refractivity contribution in [3.63, 3.8) is 0 Å². The molecule has 1 unspecified atom stereocenters. The summed E-state index contributed by atoms with van der Waals surface area (Å²) in [5, 5.41) is 14.8. The van der Waals surface area contributed by atoms with E-state index in [1.54, 1.807) is 6.07 Å². The second-order valence-electron chi connectivity index (χ2n) is 4.18. The Labute approximate surface area is 109 Å². The Kier molecular flexibility index (Phi) is 3.66. The molecule has 1 saturated carbocycles. The van der Waals surface area contributed by atoms with E-state index in [1.807, 2.05) is 0 Å². The average Bonchev–Trinajstić information content (AvgIpc) is 3.20. The van der Waals surface area contributed by atoms with E-state index >= 15 is 0 Å². The molecule has 1 amide bonds. The maximum absolute atomic E-state index is 11.9. The number of halogens is 1. The van der Waals surface area contributed by atoms with Crippen LogP contribution in [-0.2, 0) is 0 Å². The minimum Gasteiger partial charge on any atom is -0.409 e. The molecule has 1 aliphatic rings. The number of nitrogens with two attached hydrogens (primary N) is 1. The van der Waals surface area contributed by atoms with E-state index < -0.39 is 6.04 Å². The quantitative estimate of drug-likeness (QED) is 0.328. The van der Waals surface area contributed by atoms with Gasteiger partial charge in [0.1, 0.15) is 5.69 Å². The van der Waals surface area contributed by atoms with Crippen molar-refractivity contribution in [1.29, 1.82) is 0 Å². The zero-order valence-electron chi connectivity index (χ0n) is 9.51. The normalized spacial score (nSPS) is 17.3. The molecule has 1 fully saturated rings. The smallest absolute Gasteiger partial charge is 0.270 e. The molecule has 7 heteroatoms. The van der Waals surface area contributed by atoms with Crippen molar-refractivity contribution in [2.75, 3.05) is 0 Å². The van der Waals surface area contributed by atoms with Crippen LogP contribution >= 0.6 is 11.6 Å². The number of rotatable bonds is 4. The van der Waals surface area contributed by atoms with Crippen molar-refractivity contribution in [2.45, 2.75) is 18.9 Å². The lowest BCUT2D eigenvalue weighted by molar-refractivity contribution is 0.0938. The third kappa shape index (κ3) is 2.89. The molecule has 1 aromatic heterocycles. The van der Waals surface area contributed by atoms with Gasteiger partial charge in [0.15, 0.2) is 5.84 Å². The Bertz CT molecular complexity index is 470. The SMILES string of the molecule is NC(=NO)C(NC(=O)c1ccc(Cl)cn1)C1CC1. The first-order valence-electron chi connectivity index (χ1n) is 5.51. The number of nitrogens with one attached hydrogen (secondary N) is 1. The standard InChI is InChI=1S/C11H13ClN4O2/c12-7-3-4-8(14-5-7)11(17)15-9(6-1-2-6)10(13)16-18/h3-6,9,18H,1-2H2,(H2,13,16)(H,15,17). The Morgan fingerprint density at radius 3 is 2.83 bits per heavy atom. The molecule has 0 saturated heterocycles. The predicted molar refractivity (Wildman–Crippen MR) is 66.6 cm³/mol. The lowest BCUT2D eigenvalue weighted by atomic mass is 10.1. The summed E-state index contributed by atoms with van der Waals surface area (Å²) in [6, 6.07) is 2.66. The van der Waals surface area contributed by atoms with Crippen molar-refractivity contribution in [2.24, 2.45) is 16.8 Å². The number of nitrogens with zero attached hydrogens (tertiary/aromatic N) is 2. The second kappa shape index (κ2) is 5.22. The molecule has 0 radical (unpaired) electrons. The van der Waals surface area contributed by atoms with Gasteiger partial charge in [-0.2, -0.15) is 0 Å². The van der Waals surface area contributed by atoms with Crippen molar-refractivity contribution < 1.29 is 10.0 Å². The number of amides is 1. The number of amidine groups is 1. The van der Waals surface area contributed by atoms with Crippen LogP contribution in [-0.4, -0.2) is 28.0 Å². The highest BCUT2D eigenvalue weighted by atomic mass is 35.5. The number of hydrogen-bond acceptors (Lipinski definition) is 4. The fourth-order valence-electron chi connectivity index (χ4n) is 1.65. The van der Waals surface area contributed by atoms with Gasteiger partial charge in [0.2, 0.25) is 0 Å². The Morgan fingerprint density at radius 2 is 2.33 bits per heavy atom. The van der Waals surface area contributed by atoms with Gasteiger partial charge >= 0.3 is 0 Å². The van der Waals surface area contributed by atoms with Crippen LogP contribution in [0.25, 0.3) is 0 Å². The van der Waals surface area contributed by atoms with E-state index in [4.69, 9.17) is 22.5 Å². The zero-order chi connectivity index (χ0) is 13.1. The number of carbonyl (C=O) groups is 1.